The fraction of sp³-hybridized carbons (Fsp3) is 0. The zero-order valence-electron chi connectivity index (χ0n) is 10.6. The molecule has 96 valence electrons. The summed E-state index contributed by atoms with van der Waals surface area (Å²) in [5.41, 5.74) is 9.12. The zero-order valence-corrected chi connectivity index (χ0v) is 10.6. The van der Waals surface area contributed by atoms with Crippen LogP contribution in [0.2, 0.25) is 0 Å². The third-order valence-corrected chi connectivity index (χ3v) is 3.36. The van der Waals surface area contributed by atoms with Gasteiger partial charge in [-0.25, -0.2) is 0 Å². The highest BCUT2D eigenvalue weighted by Crippen LogP contribution is 2.31. The fourth-order valence-electron chi connectivity index (χ4n) is 2.38. The summed E-state index contributed by atoms with van der Waals surface area (Å²) in [6, 6.07) is 17.6. The van der Waals surface area contributed by atoms with E-state index in [0.29, 0.717) is 5.82 Å². The predicted molar refractivity (Wildman–Crippen MR) is 79.2 cm³/mol. The monoisotopic (exact) mass is 261 g/mol. The molecular formula is C16H11N3O. The SMILES string of the molecule is Nc1ccc(-c2ccc3oc4ccccc4c3c2)nn1. The number of nitrogen functional groups attached to an aromatic ring is 1. The lowest BCUT2D eigenvalue weighted by Crippen LogP contribution is -1.93. The van der Waals surface area contributed by atoms with Crippen molar-refractivity contribution in [1.82, 2.24) is 10.2 Å². The highest BCUT2D eigenvalue weighted by Gasteiger charge is 2.08. The summed E-state index contributed by atoms with van der Waals surface area (Å²) in [6.45, 7) is 0. The molecule has 0 amide bonds. The summed E-state index contributed by atoms with van der Waals surface area (Å²) in [7, 11) is 0. The van der Waals surface area contributed by atoms with Gasteiger partial charge in [0.25, 0.3) is 0 Å². The lowest BCUT2D eigenvalue weighted by Gasteiger charge is -2.00. The Morgan fingerprint density at radius 2 is 1.65 bits per heavy atom. The van der Waals surface area contributed by atoms with Crippen LogP contribution in [-0.2, 0) is 0 Å². The maximum absolute atomic E-state index is 5.81. The van der Waals surface area contributed by atoms with Gasteiger partial charge in [0, 0.05) is 16.3 Å². The Morgan fingerprint density at radius 3 is 2.50 bits per heavy atom. The number of aromatic nitrogens is 2. The summed E-state index contributed by atoms with van der Waals surface area (Å²) in [5.74, 6) is 0.420. The summed E-state index contributed by atoms with van der Waals surface area (Å²) in [6.07, 6.45) is 0. The van der Waals surface area contributed by atoms with Crippen LogP contribution in [0.25, 0.3) is 33.2 Å². The number of nitrogens with two attached hydrogens (primary N) is 1. The van der Waals surface area contributed by atoms with Gasteiger partial charge in [0.15, 0.2) is 0 Å². The molecule has 2 N–H and O–H groups in total. The van der Waals surface area contributed by atoms with E-state index in [1.54, 1.807) is 6.07 Å². The van der Waals surface area contributed by atoms with Crippen molar-refractivity contribution < 1.29 is 4.42 Å². The Kier molecular flexibility index (Phi) is 2.23. The number of para-hydroxylation sites is 1. The van der Waals surface area contributed by atoms with E-state index in [0.717, 1.165) is 33.2 Å². The number of fused-ring (bicyclic) bond motifs is 3. The van der Waals surface area contributed by atoms with E-state index in [4.69, 9.17) is 10.2 Å². The molecule has 4 aromatic rings. The molecule has 2 heterocycles. The van der Waals surface area contributed by atoms with Crippen LogP contribution in [0.5, 0.6) is 0 Å². The maximum atomic E-state index is 5.81. The molecule has 4 rings (SSSR count). The normalized spacial score (nSPS) is 11.2. The van der Waals surface area contributed by atoms with Crippen molar-refractivity contribution in [2.24, 2.45) is 0 Å². The number of hydrogen-bond donors (Lipinski definition) is 1. The molecular weight excluding hydrogens is 250 g/mol. The number of nitrogens with zero attached hydrogens (tertiary/aromatic N) is 2. The topological polar surface area (TPSA) is 64.9 Å². The molecule has 0 fully saturated rings. The van der Waals surface area contributed by atoms with Crippen LogP contribution in [-0.4, -0.2) is 10.2 Å². The quantitative estimate of drug-likeness (QED) is 0.568. The molecule has 0 aliphatic carbocycles. The fourth-order valence-corrected chi connectivity index (χ4v) is 2.38. The molecule has 0 bridgehead atoms. The van der Waals surface area contributed by atoms with Gasteiger partial charge in [-0.1, -0.05) is 18.2 Å². The van der Waals surface area contributed by atoms with Crippen LogP contribution in [0.4, 0.5) is 5.82 Å². The third-order valence-electron chi connectivity index (χ3n) is 3.36. The van der Waals surface area contributed by atoms with Crippen LogP contribution >= 0.6 is 0 Å². The molecule has 0 aliphatic rings. The van der Waals surface area contributed by atoms with Crippen LogP contribution in [0, 0.1) is 0 Å². The van der Waals surface area contributed by atoms with Gasteiger partial charge in [0.1, 0.15) is 17.0 Å². The van der Waals surface area contributed by atoms with Gasteiger partial charge in [0.05, 0.1) is 5.69 Å². The van der Waals surface area contributed by atoms with Crippen LogP contribution in [0.15, 0.2) is 59.0 Å². The van der Waals surface area contributed by atoms with E-state index >= 15 is 0 Å². The van der Waals surface area contributed by atoms with E-state index in [-0.39, 0.29) is 0 Å². The van der Waals surface area contributed by atoms with E-state index in [2.05, 4.69) is 22.3 Å². The number of benzene rings is 2. The average Bonchev–Trinajstić information content (AvgIpc) is 2.86. The second-order valence-corrected chi connectivity index (χ2v) is 4.65. The van der Waals surface area contributed by atoms with E-state index in [1.165, 1.54) is 0 Å². The van der Waals surface area contributed by atoms with Gasteiger partial charge in [-0.15, -0.1) is 10.2 Å². The van der Waals surface area contributed by atoms with Crippen LogP contribution in [0.1, 0.15) is 0 Å². The molecule has 0 saturated carbocycles. The lowest BCUT2D eigenvalue weighted by molar-refractivity contribution is 0.669. The maximum Gasteiger partial charge on any atom is 0.146 e. The van der Waals surface area contributed by atoms with Gasteiger partial charge < -0.3 is 10.2 Å². The second-order valence-electron chi connectivity index (χ2n) is 4.65. The van der Waals surface area contributed by atoms with Gasteiger partial charge >= 0.3 is 0 Å². The molecule has 0 saturated heterocycles. The summed E-state index contributed by atoms with van der Waals surface area (Å²) in [4.78, 5) is 0. The van der Waals surface area contributed by atoms with Crippen molar-refractivity contribution in [3.8, 4) is 11.3 Å². The second kappa shape index (κ2) is 4.06. The van der Waals surface area contributed by atoms with E-state index in [1.807, 2.05) is 36.4 Å². The largest absolute Gasteiger partial charge is 0.456 e. The molecule has 0 aliphatic heterocycles. The van der Waals surface area contributed by atoms with Crippen molar-refractivity contribution >= 4 is 27.8 Å². The first-order chi connectivity index (χ1) is 9.81. The Hall–Kier alpha value is -2.88. The molecule has 0 atom stereocenters. The van der Waals surface area contributed by atoms with Crippen molar-refractivity contribution in [3.63, 3.8) is 0 Å². The van der Waals surface area contributed by atoms with Crippen molar-refractivity contribution in [1.29, 1.82) is 0 Å². The molecule has 4 nitrogen and oxygen atoms in total. The van der Waals surface area contributed by atoms with Crippen molar-refractivity contribution in [2.75, 3.05) is 5.73 Å². The summed E-state index contributed by atoms with van der Waals surface area (Å²) < 4.78 is 5.81. The minimum atomic E-state index is 0.420. The van der Waals surface area contributed by atoms with Gasteiger partial charge in [-0.3, -0.25) is 0 Å². The van der Waals surface area contributed by atoms with Gasteiger partial charge in [-0.05, 0) is 36.4 Å². The first-order valence-corrected chi connectivity index (χ1v) is 6.32. The minimum Gasteiger partial charge on any atom is -0.456 e. The van der Waals surface area contributed by atoms with Gasteiger partial charge in [-0.2, -0.15) is 0 Å². The Bertz CT molecular complexity index is 910. The smallest absolute Gasteiger partial charge is 0.146 e. The highest BCUT2D eigenvalue weighted by atomic mass is 16.3. The first kappa shape index (κ1) is 11.0. The molecule has 2 aromatic carbocycles. The molecule has 0 radical (unpaired) electrons. The predicted octanol–water partition coefficient (Wildman–Crippen LogP) is 3.63. The minimum absolute atomic E-state index is 0.420. The van der Waals surface area contributed by atoms with E-state index in [9.17, 15) is 0 Å². The zero-order chi connectivity index (χ0) is 13.5. The standard InChI is InChI=1S/C16H11N3O/c17-16-8-6-13(18-19-16)10-5-7-15-12(9-10)11-3-1-2-4-14(11)20-15/h1-9H,(H2,17,19). The molecule has 20 heavy (non-hydrogen) atoms. The summed E-state index contributed by atoms with van der Waals surface area (Å²) >= 11 is 0. The molecule has 0 spiro atoms. The van der Waals surface area contributed by atoms with Crippen LogP contribution < -0.4 is 5.73 Å². The van der Waals surface area contributed by atoms with Crippen molar-refractivity contribution in [2.45, 2.75) is 0 Å². The Morgan fingerprint density at radius 1 is 0.800 bits per heavy atom. The summed E-state index contributed by atoms with van der Waals surface area (Å²) in [5, 5.41) is 10.2. The Balaban J connectivity index is 1.97. The Labute approximate surface area is 114 Å². The number of anilines is 1. The number of hydrogen-bond acceptors (Lipinski definition) is 4. The van der Waals surface area contributed by atoms with Crippen LogP contribution in [0.3, 0.4) is 0 Å². The highest BCUT2D eigenvalue weighted by molar-refractivity contribution is 6.06. The molecule has 0 unspecified atom stereocenters. The average molecular weight is 261 g/mol. The first-order valence-electron chi connectivity index (χ1n) is 6.32. The lowest BCUT2D eigenvalue weighted by atomic mass is 10.1. The third kappa shape index (κ3) is 1.62. The number of rotatable bonds is 1. The van der Waals surface area contributed by atoms with E-state index < -0.39 is 0 Å². The number of furan rings is 1. The molecule has 2 aromatic heterocycles. The molecule has 4 heteroatoms. The van der Waals surface area contributed by atoms with Crippen molar-refractivity contribution in [3.05, 3.63) is 54.6 Å². The van der Waals surface area contributed by atoms with Gasteiger partial charge in [0.2, 0.25) is 0 Å².